The molecule has 148 valence electrons. The zero-order valence-corrected chi connectivity index (χ0v) is 17.2. The Morgan fingerprint density at radius 2 is 1.96 bits per heavy atom. The van der Waals surface area contributed by atoms with E-state index in [0.717, 1.165) is 50.6 Å². The SMILES string of the molecule is COC(=O)c1c(NC(=O)N2CCC[C@@H]2c2ccccc2C)sc2c1CCCC2. The second-order valence-electron chi connectivity index (χ2n) is 7.54. The molecule has 2 amide bonds. The number of hydrogen-bond donors (Lipinski definition) is 1. The molecule has 1 aromatic heterocycles. The van der Waals surface area contributed by atoms with Gasteiger partial charge in [0.2, 0.25) is 0 Å². The smallest absolute Gasteiger partial charge is 0.341 e. The van der Waals surface area contributed by atoms with Crippen molar-refractivity contribution in [3.8, 4) is 0 Å². The Balaban J connectivity index is 1.61. The van der Waals surface area contributed by atoms with E-state index in [9.17, 15) is 9.59 Å². The number of rotatable bonds is 3. The summed E-state index contributed by atoms with van der Waals surface area (Å²) in [6.07, 6.45) is 5.99. The molecule has 2 aromatic rings. The third kappa shape index (κ3) is 3.41. The summed E-state index contributed by atoms with van der Waals surface area (Å²) in [5.74, 6) is -0.355. The Hall–Kier alpha value is -2.34. The van der Waals surface area contributed by atoms with Gasteiger partial charge in [-0.2, -0.15) is 0 Å². The van der Waals surface area contributed by atoms with Gasteiger partial charge in [0.25, 0.3) is 0 Å². The fraction of sp³-hybridized carbons (Fsp3) is 0.455. The lowest BCUT2D eigenvalue weighted by Gasteiger charge is -2.26. The van der Waals surface area contributed by atoms with Crippen molar-refractivity contribution in [2.24, 2.45) is 0 Å². The number of carbonyl (C=O) groups excluding carboxylic acids is 2. The molecule has 1 saturated heterocycles. The number of fused-ring (bicyclic) bond motifs is 1. The van der Waals surface area contributed by atoms with Crippen molar-refractivity contribution in [1.29, 1.82) is 0 Å². The summed E-state index contributed by atoms with van der Waals surface area (Å²) in [6.45, 7) is 2.82. The van der Waals surface area contributed by atoms with Crippen LogP contribution in [0.2, 0.25) is 0 Å². The van der Waals surface area contributed by atoms with Crippen LogP contribution in [-0.4, -0.2) is 30.6 Å². The molecule has 1 aliphatic heterocycles. The van der Waals surface area contributed by atoms with Crippen LogP contribution in [0.5, 0.6) is 0 Å². The van der Waals surface area contributed by atoms with Gasteiger partial charge in [-0.25, -0.2) is 9.59 Å². The maximum atomic E-state index is 13.2. The molecule has 0 saturated carbocycles. The monoisotopic (exact) mass is 398 g/mol. The number of nitrogens with zero attached hydrogens (tertiary/aromatic N) is 1. The van der Waals surface area contributed by atoms with Crippen molar-refractivity contribution in [1.82, 2.24) is 4.90 Å². The maximum absolute atomic E-state index is 13.2. The van der Waals surface area contributed by atoms with Crippen LogP contribution in [0.3, 0.4) is 0 Å². The molecule has 1 atom stereocenters. The maximum Gasteiger partial charge on any atom is 0.341 e. The van der Waals surface area contributed by atoms with Crippen LogP contribution in [0.15, 0.2) is 24.3 Å². The van der Waals surface area contributed by atoms with Crippen LogP contribution in [0.1, 0.15) is 63.7 Å². The van der Waals surface area contributed by atoms with Gasteiger partial charge < -0.3 is 9.64 Å². The molecule has 0 radical (unpaired) electrons. The van der Waals surface area contributed by atoms with Crippen LogP contribution in [0, 0.1) is 6.92 Å². The Kier molecular flexibility index (Phi) is 5.40. The highest BCUT2D eigenvalue weighted by atomic mass is 32.1. The van der Waals surface area contributed by atoms with Gasteiger partial charge in [0, 0.05) is 11.4 Å². The summed E-state index contributed by atoms with van der Waals surface area (Å²) in [5, 5.41) is 3.69. The standard InChI is InChI=1S/C22H26N2O3S/c1-14-8-3-4-9-15(14)17-11-7-13-24(17)22(26)23-20-19(21(25)27-2)16-10-5-6-12-18(16)28-20/h3-4,8-9,17H,5-7,10-13H2,1-2H3,(H,23,26)/t17-/m1/s1. The highest BCUT2D eigenvalue weighted by Gasteiger charge is 2.33. The van der Waals surface area contributed by atoms with E-state index in [4.69, 9.17) is 4.74 Å². The number of benzene rings is 1. The van der Waals surface area contributed by atoms with Gasteiger partial charge in [0.15, 0.2) is 0 Å². The molecule has 0 spiro atoms. The van der Waals surface area contributed by atoms with Crippen molar-refractivity contribution in [2.75, 3.05) is 19.0 Å². The number of amides is 2. The Bertz CT molecular complexity index is 905. The molecule has 0 unspecified atom stereocenters. The van der Waals surface area contributed by atoms with Gasteiger partial charge in [-0.05, 0) is 62.1 Å². The van der Waals surface area contributed by atoms with E-state index in [-0.39, 0.29) is 18.0 Å². The average Bonchev–Trinajstić information content (AvgIpc) is 3.32. The largest absolute Gasteiger partial charge is 0.465 e. The number of hydrogen-bond acceptors (Lipinski definition) is 4. The van der Waals surface area contributed by atoms with Crippen molar-refractivity contribution in [3.63, 3.8) is 0 Å². The molecule has 6 heteroatoms. The first-order valence-corrected chi connectivity index (χ1v) is 10.8. The summed E-state index contributed by atoms with van der Waals surface area (Å²) in [4.78, 5) is 28.7. The number of nitrogens with one attached hydrogen (secondary N) is 1. The summed E-state index contributed by atoms with van der Waals surface area (Å²) in [6, 6.07) is 8.20. The molecule has 1 N–H and O–H groups in total. The molecule has 5 nitrogen and oxygen atoms in total. The number of esters is 1. The van der Waals surface area contributed by atoms with E-state index >= 15 is 0 Å². The number of carbonyl (C=O) groups is 2. The van der Waals surface area contributed by atoms with Gasteiger partial charge >= 0.3 is 12.0 Å². The predicted octanol–water partition coefficient (Wildman–Crippen LogP) is 5.09. The molecule has 2 aliphatic rings. The minimum atomic E-state index is -0.355. The van der Waals surface area contributed by atoms with Gasteiger partial charge in [-0.1, -0.05) is 24.3 Å². The topological polar surface area (TPSA) is 58.6 Å². The minimum Gasteiger partial charge on any atom is -0.465 e. The molecule has 4 rings (SSSR count). The van der Waals surface area contributed by atoms with Gasteiger partial charge in [0.05, 0.1) is 18.7 Å². The Morgan fingerprint density at radius 1 is 1.18 bits per heavy atom. The molecular formula is C22H26N2O3S. The fourth-order valence-corrected chi connectivity index (χ4v) is 5.70. The van der Waals surface area contributed by atoms with Crippen LogP contribution < -0.4 is 5.32 Å². The van der Waals surface area contributed by atoms with Crippen molar-refractivity contribution in [3.05, 3.63) is 51.4 Å². The number of urea groups is 1. The van der Waals surface area contributed by atoms with E-state index in [2.05, 4.69) is 24.4 Å². The van der Waals surface area contributed by atoms with Crippen LogP contribution in [0.4, 0.5) is 9.80 Å². The summed E-state index contributed by atoms with van der Waals surface area (Å²) in [5.41, 5.74) is 4.03. The quantitative estimate of drug-likeness (QED) is 0.733. The lowest BCUT2D eigenvalue weighted by Crippen LogP contribution is -2.34. The average molecular weight is 399 g/mol. The third-order valence-corrected chi connectivity index (χ3v) is 7.05. The van der Waals surface area contributed by atoms with E-state index < -0.39 is 0 Å². The Labute approximate surface area is 169 Å². The van der Waals surface area contributed by atoms with E-state index in [0.29, 0.717) is 10.6 Å². The van der Waals surface area contributed by atoms with Gasteiger partial charge in [-0.3, -0.25) is 5.32 Å². The lowest BCUT2D eigenvalue weighted by molar-refractivity contribution is 0.0601. The molecule has 2 heterocycles. The number of thiophene rings is 1. The van der Waals surface area contributed by atoms with Crippen LogP contribution in [-0.2, 0) is 17.6 Å². The number of ether oxygens (including phenoxy) is 1. The third-order valence-electron chi connectivity index (χ3n) is 5.84. The zero-order valence-electron chi connectivity index (χ0n) is 16.4. The van der Waals surface area contributed by atoms with E-state index in [1.807, 2.05) is 17.0 Å². The summed E-state index contributed by atoms with van der Waals surface area (Å²) >= 11 is 1.53. The molecular weight excluding hydrogens is 372 g/mol. The first kappa shape index (κ1) is 19.0. The number of aryl methyl sites for hydroxylation is 2. The van der Waals surface area contributed by atoms with Crippen molar-refractivity contribution >= 4 is 28.3 Å². The molecule has 0 bridgehead atoms. The highest BCUT2D eigenvalue weighted by Crippen LogP contribution is 2.40. The minimum absolute atomic E-state index is 0.0809. The zero-order chi connectivity index (χ0) is 19.7. The summed E-state index contributed by atoms with van der Waals surface area (Å²) in [7, 11) is 1.40. The second-order valence-corrected chi connectivity index (χ2v) is 8.65. The van der Waals surface area contributed by atoms with Crippen molar-refractivity contribution < 1.29 is 14.3 Å². The van der Waals surface area contributed by atoms with Crippen LogP contribution in [0.25, 0.3) is 0 Å². The normalized spacial score (nSPS) is 18.6. The first-order valence-electron chi connectivity index (χ1n) is 9.96. The second kappa shape index (κ2) is 7.95. The lowest BCUT2D eigenvalue weighted by atomic mass is 9.95. The van der Waals surface area contributed by atoms with Crippen molar-refractivity contribution in [2.45, 2.75) is 51.5 Å². The van der Waals surface area contributed by atoms with Crippen LogP contribution >= 0.6 is 11.3 Å². The Morgan fingerprint density at radius 3 is 2.75 bits per heavy atom. The number of anilines is 1. The number of likely N-dealkylation sites (tertiary alicyclic amines) is 1. The molecule has 1 aromatic carbocycles. The predicted molar refractivity (Wildman–Crippen MR) is 111 cm³/mol. The van der Waals surface area contributed by atoms with Gasteiger partial charge in [-0.15, -0.1) is 11.3 Å². The van der Waals surface area contributed by atoms with Gasteiger partial charge in [0.1, 0.15) is 5.00 Å². The molecule has 28 heavy (non-hydrogen) atoms. The number of methoxy groups -OCH3 is 1. The highest BCUT2D eigenvalue weighted by molar-refractivity contribution is 7.17. The fourth-order valence-electron chi connectivity index (χ4n) is 4.43. The first-order chi connectivity index (χ1) is 13.6. The molecule has 1 aliphatic carbocycles. The van der Waals surface area contributed by atoms with E-state index in [1.165, 1.54) is 34.5 Å². The summed E-state index contributed by atoms with van der Waals surface area (Å²) < 4.78 is 5.02. The molecule has 1 fully saturated rings. The van der Waals surface area contributed by atoms with E-state index in [1.54, 1.807) is 0 Å².